The summed E-state index contributed by atoms with van der Waals surface area (Å²) in [6.45, 7) is 1.91. The van der Waals surface area contributed by atoms with Crippen molar-refractivity contribution < 1.29 is 24.8 Å². The van der Waals surface area contributed by atoms with E-state index in [2.05, 4.69) is 11.1 Å². The molecule has 9 heteroatoms. The fourth-order valence-corrected chi connectivity index (χ4v) is 5.80. The van der Waals surface area contributed by atoms with Crippen LogP contribution in [0, 0.1) is 11.3 Å². The van der Waals surface area contributed by atoms with Crippen LogP contribution in [0.2, 0.25) is 5.02 Å². The lowest BCUT2D eigenvalue weighted by molar-refractivity contribution is -0.107. The van der Waals surface area contributed by atoms with Gasteiger partial charge in [0.2, 0.25) is 17.6 Å². The van der Waals surface area contributed by atoms with E-state index in [0.717, 1.165) is 0 Å². The maximum absolute atomic E-state index is 11.5. The van der Waals surface area contributed by atoms with Gasteiger partial charge in [0, 0.05) is 35.9 Å². The van der Waals surface area contributed by atoms with E-state index in [1.165, 1.54) is 10.8 Å². The van der Waals surface area contributed by atoms with E-state index in [9.17, 15) is 20.6 Å². The zero-order valence-electron chi connectivity index (χ0n) is 19.3. The summed E-state index contributed by atoms with van der Waals surface area (Å²) in [5.41, 5.74) is -0.467. The maximum Gasteiger partial charge on any atom is 0.213 e. The quantitative estimate of drug-likeness (QED) is 0.363. The van der Waals surface area contributed by atoms with Crippen LogP contribution in [0.15, 0.2) is 54.7 Å². The second kappa shape index (κ2) is 7.87. The molecule has 2 aliphatic rings. The third-order valence-electron chi connectivity index (χ3n) is 7.36. The molecule has 3 atom stereocenters. The van der Waals surface area contributed by atoms with Crippen molar-refractivity contribution in [3.05, 3.63) is 76.4 Å². The van der Waals surface area contributed by atoms with Crippen LogP contribution in [0.1, 0.15) is 36.5 Å². The molecule has 6 rings (SSSR count). The van der Waals surface area contributed by atoms with Crippen LogP contribution in [-0.2, 0) is 15.9 Å². The van der Waals surface area contributed by atoms with Crippen molar-refractivity contribution in [3.8, 4) is 29.4 Å². The van der Waals surface area contributed by atoms with Crippen molar-refractivity contribution in [1.29, 1.82) is 5.26 Å². The third-order valence-corrected chi connectivity index (χ3v) is 7.58. The van der Waals surface area contributed by atoms with Crippen LogP contribution in [0.3, 0.4) is 0 Å². The summed E-state index contributed by atoms with van der Waals surface area (Å²) in [7, 11) is 0. The van der Waals surface area contributed by atoms with Gasteiger partial charge in [-0.2, -0.15) is 5.26 Å². The molecule has 0 spiro atoms. The Morgan fingerprint density at radius 3 is 2.61 bits per heavy atom. The Kier molecular flexibility index (Phi) is 4.96. The molecule has 2 aliphatic heterocycles. The van der Waals surface area contributed by atoms with Crippen molar-refractivity contribution in [2.24, 2.45) is 0 Å². The number of ether oxygens (including phenoxy) is 2. The first kappa shape index (κ1) is 22.7. The molecule has 3 N–H and O–H groups in total. The Morgan fingerprint density at radius 2 is 1.89 bits per heavy atom. The van der Waals surface area contributed by atoms with E-state index in [4.69, 9.17) is 21.1 Å². The molecule has 2 bridgehead atoms. The number of hydrogen-bond acceptors (Lipinski definition) is 7. The number of benzene rings is 2. The first-order valence-electron chi connectivity index (χ1n) is 11.5. The van der Waals surface area contributed by atoms with Gasteiger partial charge in [-0.3, -0.25) is 4.57 Å². The molecule has 1 unspecified atom stereocenters. The molecule has 2 aromatic heterocycles. The van der Waals surface area contributed by atoms with Crippen LogP contribution in [0.25, 0.3) is 16.5 Å². The smallest absolute Gasteiger partial charge is 0.213 e. The van der Waals surface area contributed by atoms with Gasteiger partial charge >= 0.3 is 0 Å². The Bertz CT molecular complexity index is 1560. The van der Waals surface area contributed by atoms with E-state index in [0.29, 0.717) is 50.5 Å². The number of aromatic hydroxyl groups is 2. The number of rotatable bonds is 5. The van der Waals surface area contributed by atoms with E-state index < -0.39 is 17.3 Å². The second-order valence-electron chi connectivity index (χ2n) is 9.36. The van der Waals surface area contributed by atoms with Crippen molar-refractivity contribution in [3.63, 3.8) is 0 Å². The highest BCUT2D eigenvalue weighted by atomic mass is 35.5. The van der Waals surface area contributed by atoms with Gasteiger partial charge in [0.15, 0.2) is 0 Å². The van der Waals surface area contributed by atoms with Gasteiger partial charge in [0.05, 0.1) is 46.2 Å². The number of aliphatic hydroxyl groups is 1. The van der Waals surface area contributed by atoms with Crippen molar-refractivity contribution in [2.75, 3.05) is 6.61 Å². The Labute approximate surface area is 211 Å². The van der Waals surface area contributed by atoms with Gasteiger partial charge in [-0.25, -0.2) is 4.98 Å². The number of aliphatic hydroxyl groups excluding tert-OH is 1. The molecule has 0 aliphatic carbocycles. The molecule has 2 aromatic carbocycles. The highest BCUT2D eigenvalue weighted by Gasteiger charge is 2.66. The van der Waals surface area contributed by atoms with Crippen LogP contribution in [-0.4, -0.2) is 37.6 Å². The summed E-state index contributed by atoms with van der Waals surface area (Å²) in [4.78, 5) is 4.13. The summed E-state index contributed by atoms with van der Waals surface area (Å²) in [6, 6.07) is 16.2. The first-order valence-corrected chi connectivity index (χ1v) is 11.9. The number of nitrogens with zero attached hydrogens (tertiary/aromatic N) is 3. The van der Waals surface area contributed by atoms with E-state index in [1.807, 2.05) is 24.3 Å². The fraction of sp³-hybridized carbons (Fsp3) is 0.259. The van der Waals surface area contributed by atoms with Gasteiger partial charge in [0.1, 0.15) is 11.2 Å². The zero-order valence-corrected chi connectivity index (χ0v) is 20.0. The molecule has 0 amide bonds. The predicted molar refractivity (Wildman–Crippen MR) is 131 cm³/mol. The molecule has 36 heavy (non-hydrogen) atoms. The van der Waals surface area contributed by atoms with Crippen LogP contribution < -0.4 is 4.74 Å². The number of hydrogen-bond donors (Lipinski definition) is 3. The van der Waals surface area contributed by atoms with Crippen LogP contribution in [0.4, 0.5) is 0 Å². The van der Waals surface area contributed by atoms with Gasteiger partial charge in [-0.15, -0.1) is 0 Å². The van der Waals surface area contributed by atoms with Gasteiger partial charge in [-0.1, -0.05) is 35.9 Å². The molecular formula is C27H22ClN3O5. The topological polar surface area (TPSA) is 121 Å². The van der Waals surface area contributed by atoms with Crippen LogP contribution in [0.5, 0.6) is 17.6 Å². The minimum atomic E-state index is -1.21. The Balaban J connectivity index is 1.45. The standard InChI is InChI=1S/C27H22ClN3O5/c1-26-20(32)12-27(36-26,10-11-35-21-9-7-16(28)14-30-21)23-22(26)24(33)31(25(23)34)19-8-6-15(13-29)17-4-2-3-5-18(17)19/h2-9,14,20,32-34H,10-12H2,1H3/t20?,26-,27+/m0/s1. The number of nitriles is 1. The predicted octanol–water partition coefficient (Wildman–Crippen LogP) is 4.64. The molecule has 182 valence electrons. The summed E-state index contributed by atoms with van der Waals surface area (Å²) in [5, 5.41) is 45.3. The van der Waals surface area contributed by atoms with Gasteiger partial charge < -0.3 is 24.8 Å². The maximum atomic E-state index is 11.5. The van der Waals surface area contributed by atoms with Crippen molar-refractivity contribution >= 4 is 22.4 Å². The number of halogens is 1. The first-order chi connectivity index (χ1) is 17.3. The second-order valence-corrected chi connectivity index (χ2v) is 9.80. The number of aromatic nitrogens is 2. The summed E-state index contributed by atoms with van der Waals surface area (Å²) < 4.78 is 13.5. The number of fused-ring (bicyclic) bond motifs is 6. The van der Waals surface area contributed by atoms with E-state index in [1.54, 1.807) is 31.2 Å². The molecule has 1 fully saturated rings. The lowest BCUT2D eigenvalue weighted by Crippen LogP contribution is -2.33. The van der Waals surface area contributed by atoms with Gasteiger partial charge in [-0.05, 0) is 25.1 Å². The minimum absolute atomic E-state index is 0.169. The highest BCUT2D eigenvalue weighted by Crippen LogP contribution is 2.65. The molecule has 4 heterocycles. The molecule has 0 radical (unpaired) electrons. The zero-order chi connectivity index (χ0) is 25.2. The average Bonchev–Trinajstić information content (AvgIpc) is 3.41. The fourth-order valence-electron chi connectivity index (χ4n) is 5.69. The molecule has 8 nitrogen and oxygen atoms in total. The van der Waals surface area contributed by atoms with Crippen LogP contribution >= 0.6 is 11.6 Å². The Morgan fingerprint density at radius 1 is 1.14 bits per heavy atom. The third kappa shape index (κ3) is 3.04. The molecular weight excluding hydrogens is 482 g/mol. The highest BCUT2D eigenvalue weighted by molar-refractivity contribution is 6.30. The van der Waals surface area contributed by atoms with Gasteiger partial charge in [0.25, 0.3) is 0 Å². The lowest BCUT2D eigenvalue weighted by Gasteiger charge is -2.26. The van der Waals surface area contributed by atoms with Crippen molar-refractivity contribution in [1.82, 2.24) is 9.55 Å². The SMILES string of the molecule is C[C@]12O[C@](CCOc3ccc(Cl)cn3)(CC1O)c1c2c(O)n(-c2ccc(C#N)c3ccccc23)c1O. The lowest BCUT2D eigenvalue weighted by atomic mass is 9.76. The van der Waals surface area contributed by atoms with E-state index in [-0.39, 0.29) is 24.8 Å². The van der Waals surface area contributed by atoms with E-state index >= 15 is 0 Å². The normalized spacial score (nSPS) is 24.1. The van der Waals surface area contributed by atoms with Crippen molar-refractivity contribution in [2.45, 2.75) is 37.1 Å². The monoisotopic (exact) mass is 503 g/mol. The molecule has 0 saturated carbocycles. The summed E-state index contributed by atoms with van der Waals surface area (Å²) in [6.07, 6.45) is 1.14. The average molecular weight is 504 g/mol. The molecule has 1 saturated heterocycles. The summed E-state index contributed by atoms with van der Waals surface area (Å²) in [5.74, 6) is 0.0161. The largest absolute Gasteiger partial charge is 0.494 e. The Hall–Kier alpha value is -3.77. The number of pyridine rings is 1. The summed E-state index contributed by atoms with van der Waals surface area (Å²) >= 11 is 5.89. The minimum Gasteiger partial charge on any atom is -0.494 e. The molecule has 4 aromatic rings.